The van der Waals surface area contributed by atoms with Crippen molar-refractivity contribution < 1.29 is 0 Å². The Balaban J connectivity index is 0.926. The molecule has 0 heterocycles. The Kier molecular flexibility index (Phi) is 9.58. The third-order valence-corrected chi connectivity index (χ3v) is 13.0. The van der Waals surface area contributed by atoms with Gasteiger partial charge in [0, 0.05) is 17.1 Å². The summed E-state index contributed by atoms with van der Waals surface area (Å²) >= 11 is 0. The zero-order chi connectivity index (χ0) is 43.1. The molecule has 0 spiro atoms. The maximum Gasteiger partial charge on any atom is 0.0468 e. The van der Waals surface area contributed by atoms with Crippen LogP contribution >= 0.6 is 0 Å². The van der Waals surface area contributed by atoms with Gasteiger partial charge in [-0.05, 0) is 147 Å². The number of rotatable bonds is 8. The van der Waals surface area contributed by atoms with Crippen molar-refractivity contribution in [2.45, 2.75) is 0 Å². The van der Waals surface area contributed by atoms with E-state index in [1.165, 1.54) is 98.7 Å². The first kappa shape index (κ1) is 38.2. The molecular weight excluding hydrogens is 783 g/mol. The third-order valence-electron chi connectivity index (χ3n) is 13.0. The van der Waals surface area contributed by atoms with E-state index >= 15 is 0 Å². The molecule has 0 saturated carbocycles. The lowest BCUT2D eigenvalue weighted by atomic mass is 9.84. The van der Waals surface area contributed by atoms with Crippen molar-refractivity contribution in [2.24, 2.45) is 0 Å². The fraction of sp³-hybridized carbons (Fsp3) is 0. The van der Waals surface area contributed by atoms with Crippen LogP contribution in [-0.4, -0.2) is 0 Å². The van der Waals surface area contributed by atoms with Crippen LogP contribution in [0, 0.1) is 0 Å². The SMILES string of the molecule is c1ccc(-c2c(-c3ccccc3)c3cc(-c4ccc(N(c5ccc(-c6ccc(-c7ccc8ccccc8c7)cc6)cc5)c5ccc6ccccc6c5)cc4)ccc3c3ccccc23)cc1. The molecule has 0 radical (unpaired) electrons. The molecular formula is C64H43N. The minimum absolute atomic E-state index is 1.10. The van der Waals surface area contributed by atoms with E-state index in [4.69, 9.17) is 0 Å². The maximum atomic E-state index is 2.40. The molecule has 0 aliphatic heterocycles. The lowest BCUT2D eigenvalue weighted by Crippen LogP contribution is -2.09. The third kappa shape index (κ3) is 7.10. The predicted octanol–water partition coefficient (Wildman–Crippen LogP) is 18.1. The first-order valence-corrected chi connectivity index (χ1v) is 22.4. The Morgan fingerprint density at radius 2 is 0.554 bits per heavy atom. The lowest BCUT2D eigenvalue weighted by Gasteiger charge is -2.26. The van der Waals surface area contributed by atoms with Crippen LogP contribution in [0.25, 0.3) is 98.7 Å². The van der Waals surface area contributed by atoms with E-state index in [1.807, 2.05) is 0 Å². The highest BCUT2D eigenvalue weighted by Crippen LogP contribution is 2.46. The minimum Gasteiger partial charge on any atom is -0.310 e. The Labute approximate surface area is 379 Å². The van der Waals surface area contributed by atoms with E-state index in [0.29, 0.717) is 0 Å². The molecule has 0 aromatic heterocycles. The molecule has 0 atom stereocenters. The van der Waals surface area contributed by atoms with Gasteiger partial charge in [0.15, 0.2) is 0 Å². The van der Waals surface area contributed by atoms with E-state index < -0.39 is 0 Å². The van der Waals surface area contributed by atoms with Gasteiger partial charge in [-0.1, -0.05) is 212 Å². The van der Waals surface area contributed by atoms with Gasteiger partial charge < -0.3 is 4.90 Å². The Morgan fingerprint density at radius 1 is 0.185 bits per heavy atom. The quantitative estimate of drug-likeness (QED) is 0.138. The Bertz CT molecular complexity index is 3670. The summed E-state index contributed by atoms with van der Waals surface area (Å²) in [5.74, 6) is 0. The second kappa shape index (κ2) is 16.3. The molecule has 0 amide bonds. The van der Waals surface area contributed by atoms with Crippen LogP contribution < -0.4 is 4.90 Å². The fourth-order valence-electron chi connectivity index (χ4n) is 9.77. The van der Waals surface area contributed by atoms with Gasteiger partial charge in [0.05, 0.1) is 0 Å². The van der Waals surface area contributed by atoms with Gasteiger partial charge in [-0.25, -0.2) is 0 Å². The van der Waals surface area contributed by atoms with Crippen LogP contribution in [0.4, 0.5) is 17.1 Å². The Hall–Kier alpha value is -8.52. The lowest BCUT2D eigenvalue weighted by molar-refractivity contribution is 1.29. The molecule has 1 nitrogen and oxygen atoms in total. The topological polar surface area (TPSA) is 3.24 Å². The van der Waals surface area contributed by atoms with Crippen LogP contribution in [0.3, 0.4) is 0 Å². The second-order valence-electron chi connectivity index (χ2n) is 16.9. The van der Waals surface area contributed by atoms with Gasteiger partial charge in [-0.15, -0.1) is 0 Å². The van der Waals surface area contributed by atoms with Crippen LogP contribution in [0.1, 0.15) is 0 Å². The fourth-order valence-corrected chi connectivity index (χ4v) is 9.77. The van der Waals surface area contributed by atoms with Crippen LogP contribution in [-0.2, 0) is 0 Å². The monoisotopic (exact) mass is 825 g/mol. The standard InChI is InChI=1S/C64H43N/c1-3-15-50(16-4-1)63-61-22-12-11-21-59(61)60-40-34-55(43-62(60)64(63)51-17-5-2-6-18-51)49-31-37-57(38-32-49)65(58-39-33-45-14-8-10-20-53(45)42-58)56-35-29-47(30-36-56)46-23-25-48(26-24-46)54-28-27-44-13-7-9-19-52(44)41-54/h1-43H. The van der Waals surface area contributed by atoms with Crippen molar-refractivity contribution in [2.75, 3.05) is 4.90 Å². The summed E-state index contributed by atoms with van der Waals surface area (Å²) in [5, 5.41) is 9.98. The van der Waals surface area contributed by atoms with Crippen molar-refractivity contribution in [3.8, 4) is 55.6 Å². The average molecular weight is 826 g/mol. The first-order valence-electron chi connectivity index (χ1n) is 22.4. The van der Waals surface area contributed by atoms with Gasteiger partial charge in [0.25, 0.3) is 0 Å². The number of benzene rings is 12. The van der Waals surface area contributed by atoms with Crippen LogP contribution in [0.5, 0.6) is 0 Å². The number of hydrogen-bond donors (Lipinski definition) is 0. The number of hydrogen-bond acceptors (Lipinski definition) is 1. The highest BCUT2D eigenvalue weighted by atomic mass is 15.1. The molecule has 0 aliphatic carbocycles. The van der Waals surface area contributed by atoms with Crippen molar-refractivity contribution in [1.29, 1.82) is 0 Å². The van der Waals surface area contributed by atoms with Crippen molar-refractivity contribution in [3.63, 3.8) is 0 Å². The van der Waals surface area contributed by atoms with Gasteiger partial charge in [-0.2, -0.15) is 0 Å². The van der Waals surface area contributed by atoms with E-state index in [0.717, 1.165) is 17.1 Å². The highest BCUT2D eigenvalue weighted by molar-refractivity contribution is 6.22. The molecule has 12 aromatic rings. The van der Waals surface area contributed by atoms with Crippen LogP contribution in [0.15, 0.2) is 261 Å². The highest BCUT2D eigenvalue weighted by Gasteiger charge is 2.19. The molecule has 65 heavy (non-hydrogen) atoms. The zero-order valence-electron chi connectivity index (χ0n) is 35.8. The summed E-state index contributed by atoms with van der Waals surface area (Å²) in [5.41, 5.74) is 15.4. The van der Waals surface area contributed by atoms with E-state index in [1.54, 1.807) is 0 Å². The minimum atomic E-state index is 1.10. The number of fused-ring (bicyclic) bond motifs is 5. The molecule has 0 unspecified atom stereocenters. The molecule has 1 heteroatoms. The first-order chi connectivity index (χ1) is 32.2. The molecule has 0 bridgehead atoms. The summed E-state index contributed by atoms with van der Waals surface area (Å²) in [4.78, 5) is 2.37. The predicted molar refractivity (Wildman–Crippen MR) is 278 cm³/mol. The summed E-state index contributed by atoms with van der Waals surface area (Å²) in [6.45, 7) is 0. The molecule has 0 saturated heterocycles. The van der Waals surface area contributed by atoms with Crippen molar-refractivity contribution in [1.82, 2.24) is 0 Å². The largest absolute Gasteiger partial charge is 0.310 e. The average Bonchev–Trinajstić information content (AvgIpc) is 3.39. The molecule has 304 valence electrons. The smallest absolute Gasteiger partial charge is 0.0468 e. The molecule has 0 aliphatic rings. The van der Waals surface area contributed by atoms with E-state index in [9.17, 15) is 0 Å². The van der Waals surface area contributed by atoms with E-state index in [-0.39, 0.29) is 0 Å². The molecule has 0 fully saturated rings. The van der Waals surface area contributed by atoms with Gasteiger partial charge in [0.2, 0.25) is 0 Å². The summed E-state index contributed by atoms with van der Waals surface area (Å²) in [6, 6.07) is 95.2. The second-order valence-corrected chi connectivity index (χ2v) is 16.9. The van der Waals surface area contributed by atoms with Crippen LogP contribution in [0.2, 0.25) is 0 Å². The Morgan fingerprint density at radius 3 is 1.14 bits per heavy atom. The normalized spacial score (nSPS) is 11.4. The zero-order valence-corrected chi connectivity index (χ0v) is 35.8. The maximum absolute atomic E-state index is 2.40. The van der Waals surface area contributed by atoms with Crippen molar-refractivity contribution in [3.05, 3.63) is 261 Å². The molecule has 12 aromatic carbocycles. The van der Waals surface area contributed by atoms with E-state index in [2.05, 4.69) is 266 Å². The molecule has 12 rings (SSSR count). The van der Waals surface area contributed by atoms with Gasteiger partial charge in [-0.3, -0.25) is 0 Å². The van der Waals surface area contributed by atoms with Gasteiger partial charge in [0.1, 0.15) is 0 Å². The summed E-state index contributed by atoms with van der Waals surface area (Å²) in [7, 11) is 0. The summed E-state index contributed by atoms with van der Waals surface area (Å²) in [6.07, 6.45) is 0. The van der Waals surface area contributed by atoms with Gasteiger partial charge >= 0.3 is 0 Å². The summed E-state index contributed by atoms with van der Waals surface area (Å²) < 4.78 is 0. The number of nitrogens with zero attached hydrogens (tertiary/aromatic N) is 1. The van der Waals surface area contributed by atoms with Crippen molar-refractivity contribution >= 4 is 60.2 Å². The molecule has 0 N–H and O–H groups in total. The number of anilines is 3.